The van der Waals surface area contributed by atoms with Gasteiger partial charge in [-0.05, 0) is 35.2 Å². The molecule has 0 aromatic heterocycles. The average molecular weight is 546 g/mol. The van der Waals surface area contributed by atoms with Crippen molar-refractivity contribution in [2.75, 3.05) is 18.5 Å². The van der Waals surface area contributed by atoms with Crippen LogP contribution < -0.4 is 10.2 Å². The van der Waals surface area contributed by atoms with E-state index in [0.717, 1.165) is 16.3 Å². The first kappa shape index (κ1) is 25.8. The first-order valence-corrected chi connectivity index (χ1v) is 13.0. The van der Waals surface area contributed by atoms with Crippen LogP contribution in [0.2, 0.25) is 10.0 Å². The fourth-order valence-electron chi connectivity index (χ4n) is 4.94. The number of nitrogens with one attached hydrogen (secondary N) is 1. The molecule has 0 saturated heterocycles. The molecule has 192 valence electrons. The second-order valence-corrected chi connectivity index (χ2v) is 9.93. The number of rotatable bonds is 8. The molecule has 4 aromatic carbocycles. The molecule has 4 aromatic rings. The standard InChI is InChI=1S/C30H25Cl2N3O3/c1-33-29(37)26(16-19-8-3-2-4-9-19)34(17-22-23(31)13-7-14-24(22)32)27(36)18-35-25-15-6-11-20-10-5-12-21(28(20)25)30(35)38/h2-15,26H,16-18H2,1H3,(H,33,37)/t26-/m1/s1. The van der Waals surface area contributed by atoms with Crippen LogP contribution in [0, 0.1) is 0 Å². The Balaban J connectivity index is 1.53. The number of carbonyl (C=O) groups is 3. The third-order valence-electron chi connectivity index (χ3n) is 6.85. The van der Waals surface area contributed by atoms with E-state index in [2.05, 4.69) is 5.32 Å². The highest BCUT2D eigenvalue weighted by Gasteiger charge is 2.36. The van der Waals surface area contributed by atoms with Crippen LogP contribution in [-0.4, -0.2) is 42.3 Å². The number of amides is 3. The van der Waals surface area contributed by atoms with Crippen molar-refractivity contribution >= 4 is 57.4 Å². The van der Waals surface area contributed by atoms with E-state index >= 15 is 0 Å². The quantitative estimate of drug-likeness (QED) is 0.318. The normalized spacial score (nSPS) is 13.0. The van der Waals surface area contributed by atoms with Crippen molar-refractivity contribution in [3.05, 3.63) is 112 Å². The fourth-order valence-corrected chi connectivity index (χ4v) is 5.45. The Labute approximate surface area is 230 Å². The number of likely N-dealkylation sites (N-methyl/N-ethyl adjacent to an activating group) is 1. The molecule has 0 spiro atoms. The van der Waals surface area contributed by atoms with Gasteiger partial charge < -0.3 is 10.2 Å². The molecule has 1 atom stereocenters. The molecule has 1 aliphatic heterocycles. The number of hydrogen-bond acceptors (Lipinski definition) is 3. The van der Waals surface area contributed by atoms with Gasteiger partial charge in [0.1, 0.15) is 12.6 Å². The smallest absolute Gasteiger partial charge is 0.259 e. The number of benzene rings is 4. The van der Waals surface area contributed by atoms with Crippen molar-refractivity contribution in [1.29, 1.82) is 0 Å². The molecular formula is C30H25Cl2N3O3. The van der Waals surface area contributed by atoms with Crippen molar-refractivity contribution in [2.45, 2.75) is 19.0 Å². The highest BCUT2D eigenvalue weighted by molar-refractivity contribution is 6.36. The molecule has 0 radical (unpaired) electrons. The molecule has 0 bridgehead atoms. The van der Waals surface area contributed by atoms with Crippen LogP contribution >= 0.6 is 23.2 Å². The van der Waals surface area contributed by atoms with Gasteiger partial charge in [-0.25, -0.2) is 0 Å². The summed E-state index contributed by atoms with van der Waals surface area (Å²) < 4.78 is 0. The Morgan fingerprint density at radius 1 is 0.895 bits per heavy atom. The minimum absolute atomic E-state index is 0.00143. The van der Waals surface area contributed by atoms with E-state index in [-0.39, 0.29) is 31.3 Å². The molecule has 0 fully saturated rings. The largest absolute Gasteiger partial charge is 0.357 e. The van der Waals surface area contributed by atoms with Gasteiger partial charge in [0.05, 0.1) is 5.69 Å². The molecule has 3 amide bonds. The fraction of sp³-hybridized carbons (Fsp3) is 0.167. The van der Waals surface area contributed by atoms with E-state index in [1.807, 2.05) is 60.7 Å². The van der Waals surface area contributed by atoms with Gasteiger partial charge in [-0.1, -0.05) is 83.9 Å². The lowest BCUT2D eigenvalue weighted by Crippen LogP contribution is -2.52. The van der Waals surface area contributed by atoms with E-state index in [4.69, 9.17) is 23.2 Å². The average Bonchev–Trinajstić information content (AvgIpc) is 3.20. The monoisotopic (exact) mass is 545 g/mol. The van der Waals surface area contributed by atoms with Crippen LogP contribution in [0.4, 0.5) is 5.69 Å². The Bertz CT molecular complexity index is 1520. The predicted molar refractivity (Wildman–Crippen MR) is 151 cm³/mol. The Morgan fingerprint density at radius 3 is 2.24 bits per heavy atom. The summed E-state index contributed by atoms with van der Waals surface area (Å²) in [4.78, 5) is 43.6. The van der Waals surface area contributed by atoms with Gasteiger partial charge >= 0.3 is 0 Å². The van der Waals surface area contributed by atoms with Gasteiger partial charge in [0.15, 0.2) is 0 Å². The highest BCUT2D eigenvalue weighted by Crippen LogP contribution is 2.37. The maximum atomic E-state index is 14.1. The first-order chi connectivity index (χ1) is 18.4. The summed E-state index contributed by atoms with van der Waals surface area (Å²) in [5.41, 5.74) is 2.65. The topological polar surface area (TPSA) is 69.7 Å². The van der Waals surface area contributed by atoms with E-state index < -0.39 is 11.9 Å². The second kappa shape index (κ2) is 10.9. The molecule has 1 aliphatic rings. The van der Waals surface area contributed by atoms with E-state index in [0.29, 0.717) is 26.9 Å². The molecule has 0 unspecified atom stereocenters. The molecule has 8 heteroatoms. The van der Waals surface area contributed by atoms with Crippen molar-refractivity contribution in [3.8, 4) is 0 Å². The summed E-state index contributed by atoms with van der Waals surface area (Å²) in [7, 11) is 1.53. The van der Waals surface area contributed by atoms with Crippen LogP contribution in [0.5, 0.6) is 0 Å². The number of hydrogen-bond donors (Lipinski definition) is 1. The van der Waals surface area contributed by atoms with Gasteiger partial charge in [0, 0.05) is 46.6 Å². The van der Waals surface area contributed by atoms with Gasteiger partial charge in [0.2, 0.25) is 11.8 Å². The number of anilines is 1. The Hall–Kier alpha value is -3.87. The SMILES string of the molecule is CNC(=O)[C@@H](Cc1ccccc1)N(Cc1c(Cl)cccc1Cl)C(=O)CN1C(=O)c2cccc3cccc1c23. The van der Waals surface area contributed by atoms with Crippen molar-refractivity contribution in [1.82, 2.24) is 10.2 Å². The summed E-state index contributed by atoms with van der Waals surface area (Å²) in [6.07, 6.45) is 0.276. The lowest BCUT2D eigenvalue weighted by Gasteiger charge is -2.33. The number of nitrogens with zero attached hydrogens (tertiary/aromatic N) is 2. The van der Waals surface area contributed by atoms with Crippen LogP contribution in [0.15, 0.2) is 84.9 Å². The van der Waals surface area contributed by atoms with Crippen molar-refractivity contribution in [2.24, 2.45) is 0 Å². The first-order valence-electron chi connectivity index (χ1n) is 12.2. The predicted octanol–water partition coefficient (Wildman–Crippen LogP) is 5.49. The van der Waals surface area contributed by atoms with Crippen molar-refractivity contribution in [3.63, 3.8) is 0 Å². The summed E-state index contributed by atoms with van der Waals surface area (Å²) in [5, 5.41) is 5.21. The molecule has 1 N–H and O–H groups in total. The zero-order chi connectivity index (χ0) is 26.8. The molecular weight excluding hydrogens is 521 g/mol. The number of halogens is 2. The minimum atomic E-state index is -0.863. The van der Waals surface area contributed by atoms with Gasteiger partial charge in [-0.2, -0.15) is 0 Å². The molecule has 1 heterocycles. The summed E-state index contributed by atoms with van der Waals surface area (Å²) in [6.45, 7) is -0.238. The molecule has 0 saturated carbocycles. The van der Waals surface area contributed by atoms with Crippen LogP contribution in [-0.2, 0) is 22.6 Å². The third-order valence-corrected chi connectivity index (χ3v) is 7.56. The highest BCUT2D eigenvalue weighted by atomic mass is 35.5. The Morgan fingerprint density at radius 2 is 1.55 bits per heavy atom. The lowest BCUT2D eigenvalue weighted by atomic mass is 10.0. The van der Waals surface area contributed by atoms with Crippen molar-refractivity contribution < 1.29 is 14.4 Å². The molecule has 6 nitrogen and oxygen atoms in total. The number of carbonyl (C=O) groups excluding carboxylic acids is 3. The van der Waals surface area contributed by atoms with Crippen LogP contribution in [0.3, 0.4) is 0 Å². The second-order valence-electron chi connectivity index (χ2n) is 9.11. The maximum Gasteiger partial charge on any atom is 0.259 e. The summed E-state index contributed by atoms with van der Waals surface area (Å²) in [6, 6.07) is 24.9. The molecule has 38 heavy (non-hydrogen) atoms. The van der Waals surface area contributed by atoms with E-state index in [1.54, 1.807) is 24.3 Å². The van der Waals surface area contributed by atoms with Gasteiger partial charge in [0.25, 0.3) is 5.91 Å². The summed E-state index contributed by atoms with van der Waals surface area (Å²) >= 11 is 13.0. The van der Waals surface area contributed by atoms with E-state index in [1.165, 1.54) is 16.8 Å². The lowest BCUT2D eigenvalue weighted by molar-refractivity contribution is -0.140. The Kier molecular flexibility index (Phi) is 7.36. The maximum absolute atomic E-state index is 14.1. The zero-order valence-corrected chi connectivity index (χ0v) is 22.2. The van der Waals surface area contributed by atoms with Crippen LogP contribution in [0.1, 0.15) is 21.5 Å². The summed E-state index contributed by atoms with van der Waals surface area (Å²) in [5.74, 6) is -0.979. The molecule has 5 rings (SSSR count). The van der Waals surface area contributed by atoms with E-state index in [9.17, 15) is 14.4 Å². The zero-order valence-electron chi connectivity index (χ0n) is 20.7. The third kappa shape index (κ3) is 4.85. The van der Waals surface area contributed by atoms with Gasteiger partial charge in [-0.3, -0.25) is 19.3 Å². The minimum Gasteiger partial charge on any atom is -0.357 e. The van der Waals surface area contributed by atoms with Crippen LogP contribution in [0.25, 0.3) is 10.8 Å². The molecule has 0 aliphatic carbocycles. The van der Waals surface area contributed by atoms with Gasteiger partial charge in [-0.15, -0.1) is 0 Å².